The van der Waals surface area contributed by atoms with Gasteiger partial charge in [0, 0.05) is 17.9 Å². The van der Waals surface area contributed by atoms with Crippen molar-refractivity contribution in [2.24, 2.45) is 0 Å². The molecular formula is C17H24N2O4S. The average molecular weight is 352 g/mol. The number of carbonyl (C=O) groups excluding carboxylic acids is 1. The second-order valence-electron chi connectivity index (χ2n) is 4.97. The Bertz CT molecular complexity index is 585. The summed E-state index contributed by atoms with van der Waals surface area (Å²) in [5.41, 5.74) is -0.126. The molecule has 0 heterocycles. The number of methoxy groups -OCH3 is 1. The molecule has 0 atom stereocenters. The van der Waals surface area contributed by atoms with E-state index in [9.17, 15) is 14.7 Å². The number of hydrogen-bond acceptors (Lipinski definition) is 5. The molecule has 1 rings (SSSR count). The lowest BCUT2D eigenvalue weighted by molar-refractivity contribution is -0.134. The summed E-state index contributed by atoms with van der Waals surface area (Å²) in [7, 11) is 1.58. The number of rotatable bonds is 10. The van der Waals surface area contributed by atoms with Gasteiger partial charge >= 0.3 is 5.97 Å². The van der Waals surface area contributed by atoms with Gasteiger partial charge in [-0.25, -0.2) is 4.79 Å². The topological polar surface area (TPSA) is 87.7 Å². The van der Waals surface area contributed by atoms with Crippen LogP contribution in [0.15, 0.2) is 39.9 Å². The zero-order chi connectivity index (χ0) is 17.9. The predicted octanol–water partition coefficient (Wildman–Crippen LogP) is 2.96. The largest absolute Gasteiger partial charge is 0.497 e. The Hall–Kier alpha value is -2.15. The van der Waals surface area contributed by atoms with Crippen molar-refractivity contribution in [1.82, 2.24) is 10.6 Å². The van der Waals surface area contributed by atoms with Crippen LogP contribution in [0.1, 0.15) is 33.1 Å². The third-order valence-corrected chi connectivity index (χ3v) is 4.14. The van der Waals surface area contributed by atoms with Gasteiger partial charge in [-0.05, 0) is 37.6 Å². The number of amides is 1. The molecule has 0 aliphatic heterocycles. The Morgan fingerprint density at radius 3 is 2.38 bits per heavy atom. The summed E-state index contributed by atoms with van der Waals surface area (Å²) in [6, 6.07) is 7.26. The number of benzene rings is 1. The van der Waals surface area contributed by atoms with Crippen LogP contribution in [0, 0.1) is 0 Å². The normalized spacial score (nSPS) is 11.5. The molecule has 0 saturated carbocycles. The monoisotopic (exact) mass is 352 g/mol. The van der Waals surface area contributed by atoms with Crippen LogP contribution < -0.4 is 15.4 Å². The van der Waals surface area contributed by atoms with Crippen LogP contribution in [0.3, 0.4) is 0 Å². The first-order valence-corrected chi connectivity index (χ1v) is 8.66. The first-order valence-electron chi connectivity index (χ1n) is 7.85. The number of hydrogen-bond donors (Lipinski definition) is 3. The van der Waals surface area contributed by atoms with Crippen LogP contribution in [0.5, 0.6) is 5.75 Å². The maximum absolute atomic E-state index is 11.9. The van der Waals surface area contributed by atoms with Gasteiger partial charge in [-0.15, -0.1) is 0 Å². The first kappa shape index (κ1) is 19.9. The fraction of sp³-hybridized carbons (Fsp3) is 0.412. The number of thioether (sulfide) groups is 1. The number of unbranched alkanes of at least 4 members (excludes halogenated alkanes) is 1. The van der Waals surface area contributed by atoms with Crippen molar-refractivity contribution in [2.45, 2.75) is 38.0 Å². The van der Waals surface area contributed by atoms with E-state index in [0.29, 0.717) is 18.0 Å². The van der Waals surface area contributed by atoms with Gasteiger partial charge in [0.05, 0.1) is 7.11 Å². The quantitative estimate of drug-likeness (QED) is 0.443. The van der Waals surface area contributed by atoms with E-state index in [-0.39, 0.29) is 11.6 Å². The van der Waals surface area contributed by atoms with Crippen molar-refractivity contribution in [3.05, 3.63) is 35.0 Å². The van der Waals surface area contributed by atoms with Crippen molar-refractivity contribution >= 4 is 23.6 Å². The van der Waals surface area contributed by atoms with Crippen LogP contribution in [-0.4, -0.2) is 30.6 Å². The Kier molecular flexibility index (Phi) is 8.78. The highest BCUT2D eigenvalue weighted by Crippen LogP contribution is 2.28. The third-order valence-electron chi connectivity index (χ3n) is 3.08. The van der Waals surface area contributed by atoms with Crippen molar-refractivity contribution in [3.63, 3.8) is 0 Å². The molecule has 0 unspecified atom stereocenters. The number of ether oxygens (including phenoxy) is 1. The molecule has 0 radical (unpaired) electrons. The highest BCUT2D eigenvalue weighted by Gasteiger charge is 2.18. The molecule has 1 aromatic carbocycles. The minimum atomic E-state index is -1.17. The van der Waals surface area contributed by atoms with E-state index in [2.05, 4.69) is 10.6 Å². The first-order chi connectivity index (χ1) is 11.5. The van der Waals surface area contributed by atoms with Gasteiger partial charge in [0.2, 0.25) is 5.91 Å². The molecule has 0 fully saturated rings. The van der Waals surface area contributed by atoms with Crippen LogP contribution in [0.25, 0.3) is 0 Å². The Labute approximate surface area is 146 Å². The molecule has 0 aromatic heterocycles. The average Bonchev–Trinajstić information content (AvgIpc) is 2.58. The Morgan fingerprint density at radius 1 is 1.21 bits per heavy atom. The number of carboxylic acid groups (broad SMARTS) is 1. The molecule has 7 heteroatoms. The third kappa shape index (κ3) is 6.54. The minimum Gasteiger partial charge on any atom is -0.497 e. The number of nitrogens with one attached hydrogen (secondary N) is 2. The minimum absolute atomic E-state index is 0.126. The zero-order valence-corrected chi connectivity index (χ0v) is 15.0. The van der Waals surface area contributed by atoms with Crippen molar-refractivity contribution < 1.29 is 19.4 Å². The van der Waals surface area contributed by atoms with Crippen molar-refractivity contribution in [3.8, 4) is 5.75 Å². The van der Waals surface area contributed by atoms with Gasteiger partial charge in [0.15, 0.2) is 5.70 Å². The van der Waals surface area contributed by atoms with Crippen molar-refractivity contribution in [2.75, 3.05) is 13.7 Å². The summed E-state index contributed by atoms with van der Waals surface area (Å²) in [6.45, 7) is 4.39. The van der Waals surface area contributed by atoms with E-state index in [4.69, 9.17) is 4.74 Å². The smallest absolute Gasteiger partial charge is 0.355 e. The molecule has 132 valence electrons. The molecule has 0 aliphatic carbocycles. The van der Waals surface area contributed by atoms with Crippen LogP contribution >= 0.6 is 11.8 Å². The summed E-state index contributed by atoms with van der Waals surface area (Å²) in [4.78, 5) is 24.3. The van der Waals surface area contributed by atoms with Gasteiger partial charge < -0.3 is 20.5 Å². The lowest BCUT2D eigenvalue weighted by Gasteiger charge is -2.14. The molecule has 0 bridgehead atoms. The molecule has 1 amide bonds. The predicted molar refractivity (Wildman–Crippen MR) is 94.9 cm³/mol. The van der Waals surface area contributed by atoms with Gasteiger partial charge in [0.25, 0.3) is 0 Å². The molecule has 3 N–H and O–H groups in total. The van der Waals surface area contributed by atoms with Gasteiger partial charge in [-0.1, -0.05) is 25.1 Å². The summed E-state index contributed by atoms with van der Waals surface area (Å²) < 4.78 is 5.11. The highest BCUT2D eigenvalue weighted by molar-refractivity contribution is 8.03. The lowest BCUT2D eigenvalue weighted by Crippen LogP contribution is -2.31. The Balaban J connectivity index is 3.00. The van der Waals surface area contributed by atoms with Gasteiger partial charge in [-0.2, -0.15) is 0 Å². The molecule has 24 heavy (non-hydrogen) atoms. The number of carbonyl (C=O) groups is 2. The zero-order valence-electron chi connectivity index (χ0n) is 14.2. The fourth-order valence-corrected chi connectivity index (χ4v) is 2.81. The van der Waals surface area contributed by atoms with Gasteiger partial charge in [-0.3, -0.25) is 4.79 Å². The highest BCUT2D eigenvalue weighted by atomic mass is 32.2. The molecule has 0 spiro atoms. The van der Waals surface area contributed by atoms with E-state index in [1.165, 1.54) is 11.8 Å². The SMILES string of the molecule is CCCCC(=O)NC(C(=O)O)=C(NCC)Sc1ccc(OC)cc1. The van der Waals surface area contributed by atoms with Gasteiger partial charge in [0.1, 0.15) is 10.8 Å². The fourth-order valence-electron chi connectivity index (χ4n) is 1.84. The summed E-state index contributed by atoms with van der Waals surface area (Å²) in [6.07, 6.45) is 1.90. The maximum Gasteiger partial charge on any atom is 0.355 e. The summed E-state index contributed by atoms with van der Waals surface area (Å²) in [5, 5.41) is 15.4. The van der Waals surface area contributed by atoms with E-state index in [1.54, 1.807) is 19.2 Å². The van der Waals surface area contributed by atoms with Crippen LogP contribution in [-0.2, 0) is 9.59 Å². The molecular weight excluding hydrogens is 328 g/mol. The van der Waals surface area contributed by atoms with Crippen molar-refractivity contribution in [1.29, 1.82) is 0 Å². The lowest BCUT2D eigenvalue weighted by atomic mass is 10.2. The van der Waals surface area contributed by atoms with E-state index in [0.717, 1.165) is 23.5 Å². The van der Waals surface area contributed by atoms with Crippen LogP contribution in [0.4, 0.5) is 0 Å². The molecule has 0 saturated heterocycles. The van der Waals surface area contributed by atoms with Crippen LogP contribution in [0.2, 0.25) is 0 Å². The number of carboxylic acids is 1. The van der Waals surface area contributed by atoms with E-state index < -0.39 is 5.97 Å². The molecule has 6 nitrogen and oxygen atoms in total. The summed E-state index contributed by atoms with van der Waals surface area (Å²) >= 11 is 1.25. The maximum atomic E-state index is 11.9. The number of aliphatic carboxylic acids is 1. The van der Waals surface area contributed by atoms with E-state index >= 15 is 0 Å². The second kappa shape index (κ2) is 10.6. The van der Waals surface area contributed by atoms with E-state index in [1.807, 2.05) is 26.0 Å². The molecule has 0 aliphatic rings. The second-order valence-corrected chi connectivity index (χ2v) is 6.05. The Morgan fingerprint density at radius 2 is 1.88 bits per heavy atom. The standard InChI is InChI=1S/C17H24N2O4S/c1-4-6-7-14(20)19-15(17(21)22)16(18-5-2)24-13-10-8-12(23-3)9-11-13/h8-11,18H,4-7H2,1-3H3,(H,19,20)(H,21,22). The molecule has 1 aromatic rings. The summed E-state index contributed by atoms with van der Waals surface area (Å²) in [5.74, 6) is -0.739.